The highest BCUT2D eigenvalue weighted by Gasteiger charge is 2.13. The van der Waals surface area contributed by atoms with Gasteiger partial charge in [-0.3, -0.25) is 18.9 Å². The van der Waals surface area contributed by atoms with Gasteiger partial charge >= 0.3 is 7.60 Å². The maximum atomic E-state index is 11.3. The van der Waals surface area contributed by atoms with Gasteiger partial charge in [-0.15, -0.1) is 0 Å². The van der Waals surface area contributed by atoms with Gasteiger partial charge in [0.1, 0.15) is 0 Å². The van der Waals surface area contributed by atoms with Gasteiger partial charge in [-0.25, -0.2) is 0 Å². The summed E-state index contributed by atoms with van der Waals surface area (Å²) in [6.45, 7) is 9.18. The van der Waals surface area contributed by atoms with Crippen LogP contribution in [-0.2, 0) is 46.1 Å². The Kier molecular flexibility index (Phi) is 40.9. The molecule has 0 rings (SSSR count). The summed E-state index contributed by atoms with van der Waals surface area (Å²) < 4.78 is 40.6. The summed E-state index contributed by atoms with van der Waals surface area (Å²) in [6.07, 6.45) is 18.7. The number of aliphatic carboxylic acids is 1. The quantitative estimate of drug-likeness (QED) is 0.0493. The van der Waals surface area contributed by atoms with Crippen molar-refractivity contribution in [3.05, 3.63) is 0 Å². The molecule has 0 aromatic rings. The molecular formula is C30H68N3O13P3. The van der Waals surface area contributed by atoms with Crippen LogP contribution in [0, 0.1) is 0 Å². The first-order valence-electron chi connectivity index (χ1n) is 16.3. The number of hydrogen-bond donors (Lipinski definition) is 6. The van der Waals surface area contributed by atoms with Gasteiger partial charge in [0, 0.05) is 61.9 Å². The number of nitrogens with two attached hydrogens (primary N) is 1. The molecule has 0 heterocycles. The van der Waals surface area contributed by atoms with Crippen LogP contribution in [0.25, 0.3) is 0 Å². The maximum Gasteiger partial charge on any atom is 0.327 e. The highest BCUT2D eigenvalue weighted by Crippen LogP contribution is 2.43. The average molecular weight is 772 g/mol. The van der Waals surface area contributed by atoms with Crippen molar-refractivity contribution in [2.75, 3.05) is 67.4 Å². The van der Waals surface area contributed by atoms with Crippen LogP contribution in [0.1, 0.15) is 97.8 Å². The highest BCUT2D eigenvalue weighted by atomic mass is 31.2. The minimum absolute atomic E-state index is 0.00958. The van der Waals surface area contributed by atoms with E-state index in [1.165, 1.54) is 41.8 Å². The Morgan fingerprint density at radius 3 is 1.20 bits per heavy atom. The molecule has 0 aromatic heterocycles. The van der Waals surface area contributed by atoms with E-state index < -0.39 is 28.7 Å². The zero-order valence-corrected chi connectivity index (χ0v) is 33.7. The molecule has 0 aliphatic heterocycles. The Morgan fingerprint density at radius 1 is 0.612 bits per heavy atom. The van der Waals surface area contributed by atoms with Gasteiger partial charge in [0.2, 0.25) is 26.9 Å². The van der Waals surface area contributed by atoms with Crippen molar-refractivity contribution in [1.29, 1.82) is 0 Å². The van der Waals surface area contributed by atoms with Gasteiger partial charge in [-0.05, 0) is 57.7 Å². The topological polar surface area (TPSA) is 234 Å². The van der Waals surface area contributed by atoms with Crippen molar-refractivity contribution in [2.45, 2.75) is 97.8 Å². The molecule has 0 bridgehead atoms. The first kappa shape index (κ1) is 54.7. The number of rotatable bonds is 26. The Labute approximate surface area is 295 Å². The monoisotopic (exact) mass is 771 g/mol. The molecule has 3 unspecified atom stereocenters. The van der Waals surface area contributed by atoms with E-state index in [0.717, 1.165) is 104 Å². The Morgan fingerprint density at radius 2 is 0.918 bits per heavy atom. The number of carboxylic acids is 1. The van der Waals surface area contributed by atoms with E-state index >= 15 is 0 Å². The van der Waals surface area contributed by atoms with Crippen LogP contribution in [0.15, 0.2) is 0 Å². The molecule has 296 valence electrons. The lowest BCUT2D eigenvalue weighted by Gasteiger charge is -2.14. The lowest BCUT2D eigenvalue weighted by atomic mass is 10.2. The normalized spacial score (nSPS) is 14.1. The molecule has 0 aliphatic rings. The molecule has 0 aromatic carbocycles. The van der Waals surface area contributed by atoms with Crippen molar-refractivity contribution in [3.63, 3.8) is 0 Å². The van der Waals surface area contributed by atoms with E-state index in [1.54, 1.807) is 0 Å². The number of amides is 2. The summed E-state index contributed by atoms with van der Waals surface area (Å²) >= 11 is 0. The van der Waals surface area contributed by atoms with Crippen LogP contribution in [-0.4, -0.2) is 113 Å². The minimum Gasteiger partial charge on any atom is -0.481 e. The highest BCUT2D eigenvalue weighted by molar-refractivity contribution is 7.58. The average Bonchev–Trinajstić information content (AvgIpc) is 3.01. The smallest absolute Gasteiger partial charge is 0.327 e. The van der Waals surface area contributed by atoms with Crippen molar-refractivity contribution in [1.82, 2.24) is 10.6 Å². The summed E-state index contributed by atoms with van der Waals surface area (Å²) in [7, 11) is -4.20. The zero-order chi connectivity index (χ0) is 38.6. The summed E-state index contributed by atoms with van der Waals surface area (Å²) in [5.41, 5.74) is 5.34. The van der Waals surface area contributed by atoms with Gasteiger partial charge in [0.15, 0.2) is 0 Å². The number of carbonyl (C=O) groups excluding carboxylic acids is 2. The standard InChI is InChI=1S/2C10H22NO4P.C8H20NO3P.C2H4O2/c2*1-10(12)11-8-6-4-5-7-9-15-16(3,13)14-2;1-11-13(2,10)12-8-6-4-3-5-7-9;1-2(3)4/h4-9H2,1-3H3,(H,11,12);13H,3-9H2,1-2H3,(H,11,12);10H,2-9H2,1H3;1H3,(H,3,4). The molecule has 0 spiro atoms. The zero-order valence-electron chi connectivity index (χ0n) is 31.0. The molecular weight excluding hydrogens is 703 g/mol. The molecule has 2 amide bonds. The lowest BCUT2D eigenvalue weighted by molar-refractivity contribution is -0.134. The minimum atomic E-state index is -2.80. The van der Waals surface area contributed by atoms with E-state index in [1.807, 2.05) is 0 Å². The van der Waals surface area contributed by atoms with Crippen LogP contribution in [0.5, 0.6) is 0 Å². The van der Waals surface area contributed by atoms with Crippen molar-refractivity contribution >= 4 is 53.1 Å². The molecule has 3 atom stereocenters. The maximum absolute atomic E-state index is 11.3. The van der Waals surface area contributed by atoms with Crippen LogP contribution >= 0.6 is 22.7 Å². The van der Waals surface area contributed by atoms with Crippen molar-refractivity contribution < 1.29 is 61.0 Å². The SMILES string of the molecule is C=P(O)(OC)OCCCCCCN.C=P(O)(OC)OCCCCCCNC(C)=O.CC(=O)O.COP(C)(=O)OCCCCCCNC(C)=O. The van der Waals surface area contributed by atoms with Crippen LogP contribution in [0.4, 0.5) is 0 Å². The first-order chi connectivity index (χ1) is 22.8. The number of carboxylic acid groups (broad SMARTS) is 1. The Balaban J connectivity index is -0.000000295. The predicted octanol–water partition coefficient (Wildman–Crippen LogP) is 5.15. The fourth-order valence-corrected chi connectivity index (χ4v) is 4.70. The molecule has 0 aliphatic carbocycles. The van der Waals surface area contributed by atoms with E-state index in [4.69, 9.17) is 38.3 Å². The van der Waals surface area contributed by atoms with Gasteiger partial charge in [-0.1, -0.05) is 38.5 Å². The molecule has 16 nitrogen and oxygen atoms in total. The predicted molar refractivity (Wildman–Crippen MR) is 200 cm³/mol. The Bertz CT molecular complexity index is 905. The third-order valence-corrected chi connectivity index (χ3v) is 9.43. The van der Waals surface area contributed by atoms with Gasteiger partial charge < -0.3 is 58.4 Å². The van der Waals surface area contributed by atoms with Crippen LogP contribution in [0.2, 0.25) is 0 Å². The van der Waals surface area contributed by atoms with Crippen LogP contribution in [0.3, 0.4) is 0 Å². The molecule has 0 radical (unpaired) electrons. The fraction of sp³-hybridized carbons (Fsp3) is 0.833. The van der Waals surface area contributed by atoms with E-state index in [-0.39, 0.29) is 11.8 Å². The van der Waals surface area contributed by atoms with E-state index in [2.05, 4.69) is 27.8 Å². The number of unbranched alkanes of at least 4 members (excludes halogenated alkanes) is 9. The van der Waals surface area contributed by atoms with Crippen molar-refractivity contribution in [3.8, 4) is 0 Å². The fourth-order valence-electron chi connectivity index (χ4n) is 3.09. The third-order valence-electron chi connectivity index (χ3n) is 5.80. The molecule has 0 fully saturated rings. The Hall–Kier alpha value is -1.12. The second kappa shape index (κ2) is 36.7. The van der Waals surface area contributed by atoms with Crippen molar-refractivity contribution in [2.24, 2.45) is 5.73 Å². The lowest BCUT2D eigenvalue weighted by Crippen LogP contribution is -2.20. The van der Waals surface area contributed by atoms with Gasteiger partial charge in [-0.2, -0.15) is 0 Å². The number of nitrogens with one attached hydrogen (secondary N) is 2. The molecule has 0 saturated carbocycles. The van der Waals surface area contributed by atoms with Crippen LogP contribution < -0.4 is 16.4 Å². The summed E-state index contributed by atoms with van der Waals surface area (Å²) in [5.74, 6) is -0.814. The second-order valence-corrected chi connectivity index (χ2v) is 16.6. The number of carbonyl (C=O) groups is 3. The van der Waals surface area contributed by atoms with Gasteiger partial charge in [0.05, 0.1) is 19.8 Å². The van der Waals surface area contributed by atoms with Gasteiger partial charge in [0.25, 0.3) is 5.97 Å². The molecule has 49 heavy (non-hydrogen) atoms. The largest absolute Gasteiger partial charge is 0.481 e. The first-order valence-corrected chi connectivity index (χ1v) is 21.8. The van der Waals surface area contributed by atoms with E-state index in [9.17, 15) is 23.9 Å². The summed E-state index contributed by atoms with van der Waals surface area (Å²) in [4.78, 5) is 48.7. The molecule has 7 N–H and O–H groups in total. The molecule has 19 heteroatoms. The summed E-state index contributed by atoms with van der Waals surface area (Å²) in [5, 5.41) is 12.9. The third kappa shape index (κ3) is 56.5. The second-order valence-electron chi connectivity index (χ2n) is 10.6. The molecule has 0 saturated heterocycles. The summed E-state index contributed by atoms with van der Waals surface area (Å²) in [6, 6.07) is 0. The number of hydrogen-bond acceptors (Lipinski definition) is 13. The van der Waals surface area contributed by atoms with E-state index in [0.29, 0.717) is 19.8 Å².